The SMILES string of the molecule is COc1ccc(N2CCOCC2)c(NC(C)=O)c1. The van der Waals surface area contributed by atoms with Gasteiger partial charge in [-0.15, -0.1) is 0 Å². The minimum atomic E-state index is -0.0854. The molecule has 1 aliphatic heterocycles. The lowest BCUT2D eigenvalue weighted by Crippen LogP contribution is -2.36. The topological polar surface area (TPSA) is 50.8 Å². The minimum absolute atomic E-state index is 0.0854. The molecule has 5 heteroatoms. The molecule has 1 heterocycles. The number of nitrogens with one attached hydrogen (secondary N) is 1. The van der Waals surface area contributed by atoms with Crippen molar-refractivity contribution in [3.8, 4) is 5.75 Å². The van der Waals surface area contributed by atoms with Gasteiger partial charge in [0.2, 0.25) is 5.91 Å². The van der Waals surface area contributed by atoms with E-state index in [1.54, 1.807) is 7.11 Å². The molecule has 1 aromatic carbocycles. The Kier molecular flexibility index (Phi) is 4.04. The highest BCUT2D eigenvalue weighted by Gasteiger charge is 2.16. The Labute approximate surface area is 107 Å². The van der Waals surface area contributed by atoms with E-state index in [2.05, 4.69) is 10.2 Å². The second-order valence-electron chi connectivity index (χ2n) is 4.16. The van der Waals surface area contributed by atoms with E-state index in [1.807, 2.05) is 18.2 Å². The van der Waals surface area contributed by atoms with Crippen LogP contribution in [0.15, 0.2) is 18.2 Å². The van der Waals surface area contributed by atoms with Crippen molar-refractivity contribution >= 4 is 17.3 Å². The Balaban J connectivity index is 2.28. The Morgan fingerprint density at radius 2 is 2.11 bits per heavy atom. The number of hydrogen-bond acceptors (Lipinski definition) is 4. The van der Waals surface area contributed by atoms with Gasteiger partial charge in [-0.1, -0.05) is 0 Å². The lowest BCUT2D eigenvalue weighted by Gasteiger charge is -2.30. The maximum absolute atomic E-state index is 11.3. The number of anilines is 2. The summed E-state index contributed by atoms with van der Waals surface area (Å²) in [6.07, 6.45) is 0. The number of hydrogen-bond donors (Lipinski definition) is 1. The summed E-state index contributed by atoms with van der Waals surface area (Å²) in [7, 11) is 1.61. The van der Waals surface area contributed by atoms with Crippen molar-refractivity contribution in [2.24, 2.45) is 0 Å². The van der Waals surface area contributed by atoms with Gasteiger partial charge in [0, 0.05) is 26.1 Å². The summed E-state index contributed by atoms with van der Waals surface area (Å²) in [5.41, 5.74) is 1.79. The van der Waals surface area contributed by atoms with Gasteiger partial charge >= 0.3 is 0 Å². The second-order valence-corrected chi connectivity index (χ2v) is 4.16. The van der Waals surface area contributed by atoms with Gasteiger partial charge in [0.1, 0.15) is 5.75 Å². The number of ether oxygens (including phenoxy) is 2. The molecule has 1 saturated heterocycles. The third-order valence-corrected chi connectivity index (χ3v) is 2.87. The van der Waals surface area contributed by atoms with Crippen LogP contribution in [0.5, 0.6) is 5.75 Å². The van der Waals surface area contributed by atoms with Gasteiger partial charge in [0.25, 0.3) is 0 Å². The summed E-state index contributed by atoms with van der Waals surface area (Å²) in [5.74, 6) is 0.647. The average Bonchev–Trinajstić information content (AvgIpc) is 2.39. The Hall–Kier alpha value is -1.75. The molecule has 0 spiro atoms. The van der Waals surface area contributed by atoms with E-state index in [4.69, 9.17) is 9.47 Å². The summed E-state index contributed by atoms with van der Waals surface area (Å²) in [5, 5.41) is 2.84. The standard InChI is InChI=1S/C13H18N2O3/c1-10(16)14-12-9-11(17-2)3-4-13(12)15-5-7-18-8-6-15/h3-4,9H,5-8H2,1-2H3,(H,14,16). The number of amides is 1. The first-order valence-electron chi connectivity index (χ1n) is 5.99. The fourth-order valence-electron chi connectivity index (χ4n) is 2.01. The predicted octanol–water partition coefficient (Wildman–Crippen LogP) is 1.49. The molecule has 1 aromatic rings. The zero-order chi connectivity index (χ0) is 13.0. The van der Waals surface area contributed by atoms with Gasteiger partial charge in [-0.2, -0.15) is 0 Å². The Morgan fingerprint density at radius 1 is 1.39 bits per heavy atom. The normalized spacial score (nSPS) is 15.3. The van der Waals surface area contributed by atoms with Crippen molar-refractivity contribution in [2.75, 3.05) is 43.6 Å². The third-order valence-electron chi connectivity index (χ3n) is 2.87. The number of methoxy groups -OCH3 is 1. The molecule has 98 valence electrons. The quantitative estimate of drug-likeness (QED) is 0.883. The maximum Gasteiger partial charge on any atom is 0.221 e. The molecule has 18 heavy (non-hydrogen) atoms. The zero-order valence-corrected chi connectivity index (χ0v) is 10.7. The molecule has 2 rings (SSSR count). The van der Waals surface area contributed by atoms with Crippen LogP contribution in [0.25, 0.3) is 0 Å². The first kappa shape index (κ1) is 12.7. The molecule has 5 nitrogen and oxygen atoms in total. The summed E-state index contributed by atoms with van der Waals surface area (Å²) >= 11 is 0. The van der Waals surface area contributed by atoms with Gasteiger partial charge in [0.05, 0.1) is 31.7 Å². The van der Waals surface area contributed by atoms with E-state index >= 15 is 0 Å². The number of benzene rings is 1. The zero-order valence-electron chi connectivity index (χ0n) is 10.7. The summed E-state index contributed by atoms with van der Waals surface area (Å²) in [6.45, 7) is 4.59. The van der Waals surface area contributed by atoms with Crippen LogP contribution in [0.2, 0.25) is 0 Å². The largest absolute Gasteiger partial charge is 0.497 e. The third kappa shape index (κ3) is 2.92. The summed E-state index contributed by atoms with van der Waals surface area (Å²) in [6, 6.07) is 5.71. The number of nitrogens with zero attached hydrogens (tertiary/aromatic N) is 1. The molecule has 0 radical (unpaired) electrons. The molecule has 1 fully saturated rings. The monoisotopic (exact) mass is 250 g/mol. The van der Waals surface area contributed by atoms with Crippen LogP contribution < -0.4 is 15.0 Å². The van der Waals surface area contributed by atoms with Crippen molar-refractivity contribution in [1.82, 2.24) is 0 Å². The van der Waals surface area contributed by atoms with Crippen LogP contribution in [0, 0.1) is 0 Å². The fourth-order valence-corrected chi connectivity index (χ4v) is 2.01. The molecule has 1 amide bonds. The molecular weight excluding hydrogens is 232 g/mol. The summed E-state index contributed by atoms with van der Waals surface area (Å²) < 4.78 is 10.5. The molecule has 0 aliphatic carbocycles. The van der Waals surface area contributed by atoms with E-state index in [1.165, 1.54) is 6.92 Å². The molecular formula is C13H18N2O3. The van der Waals surface area contributed by atoms with Gasteiger partial charge in [-0.05, 0) is 12.1 Å². The van der Waals surface area contributed by atoms with E-state index in [9.17, 15) is 4.79 Å². The number of carbonyl (C=O) groups is 1. The highest BCUT2D eigenvalue weighted by Crippen LogP contribution is 2.30. The molecule has 0 aromatic heterocycles. The molecule has 0 unspecified atom stereocenters. The number of morpholine rings is 1. The van der Waals surface area contributed by atoms with Crippen LogP contribution >= 0.6 is 0 Å². The lowest BCUT2D eigenvalue weighted by molar-refractivity contribution is -0.114. The molecule has 1 aliphatic rings. The smallest absolute Gasteiger partial charge is 0.221 e. The predicted molar refractivity (Wildman–Crippen MR) is 70.3 cm³/mol. The van der Waals surface area contributed by atoms with Gasteiger partial charge in [-0.3, -0.25) is 4.79 Å². The van der Waals surface area contributed by atoms with Crippen LogP contribution in [0.1, 0.15) is 6.92 Å². The Morgan fingerprint density at radius 3 is 2.72 bits per heavy atom. The number of carbonyl (C=O) groups excluding carboxylic acids is 1. The molecule has 0 bridgehead atoms. The van der Waals surface area contributed by atoms with E-state index in [0.29, 0.717) is 13.2 Å². The van der Waals surface area contributed by atoms with Crippen LogP contribution in [-0.2, 0) is 9.53 Å². The summed E-state index contributed by atoms with van der Waals surface area (Å²) in [4.78, 5) is 13.5. The van der Waals surface area contributed by atoms with Gasteiger partial charge in [0.15, 0.2) is 0 Å². The molecule has 0 atom stereocenters. The van der Waals surface area contributed by atoms with Crippen LogP contribution in [0.4, 0.5) is 11.4 Å². The number of rotatable bonds is 3. The first-order valence-corrected chi connectivity index (χ1v) is 5.99. The van der Waals surface area contributed by atoms with E-state index < -0.39 is 0 Å². The highest BCUT2D eigenvalue weighted by molar-refractivity contribution is 5.93. The lowest BCUT2D eigenvalue weighted by atomic mass is 10.2. The van der Waals surface area contributed by atoms with Crippen LogP contribution in [-0.4, -0.2) is 39.3 Å². The van der Waals surface area contributed by atoms with Crippen molar-refractivity contribution in [3.63, 3.8) is 0 Å². The van der Waals surface area contributed by atoms with E-state index in [-0.39, 0.29) is 5.91 Å². The first-order chi connectivity index (χ1) is 8.70. The van der Waals surface area contributed by atoms with E-state index in [0.717, 1.165) is 30.2 Å². The molecule has 0 saturated carbocycles. The van der Waals surface area contributed by atoms with Gasteiger partial charge < -0.3 is 19.7 Å². The maximum atomic E-state index is 11.3. The second kappa shape index (κ2) is 5.73. The van der Waals surface area contributed by atoms with Crippen molar-refractivity contribution in [2.45, 2.75) is 6.92 Å². The Bertz CT molecular complexity index is 428. The highest BCUT2D eigenvalue weighted by atomic mass is 16.5. The van der Waals surface area contributed by atoms with Crippen molar-refractivity contribution < 1.29 is 14.3 Å². The van der Waals surface area contributed by atoms with Crippen LogP contribution in [0.3, 0.4) is 0 Å². The van der Waals surface area contributed by atoms with Crippen molar-refractivity contribution in [3.05, 3.63) is 18.2 Å². The fraction of sp³-hybridized carbons (Fsp3) is 0.462. The van der Waals surface area contributed by atoms with Crippen molar-refractivity contribution in [1.29, 1.82) is 0 Å². The van der Waals surface area contributed by atoms with Gasteiger partial charge in [-0.25, -0.2) is 0 Å². The minimum Gasteiger partial charge on any atom is -0.497 e. The average molecular weight is 250 g/mol. The molecule has 1 N–H and O–H groups in total.